The number of hydrogen-bond donors (Lipinski definition) is 2. The minimum atomic E-state index is -0.401. The van der Waals surface area contributed by atoms with Crippen LogP contribution in [0.4, 0.5) is 10.1 Å². The van der Waals surface area contributed by atoms with Crippen molar-refractivity contribution >= 4 is 22.5 Å². The molecule has 35 heavy (non-hydrogen) atoms. The maximum absolute atomic E-state index is 14.9. The number of anilines is 1. The number of rotatable bonds is 5. The topological polar surface area (TPSA) is 97.7 Å². The van der Waals surface area contributed by atoms with Crippen molar-refractivity contribution in [1.29, 1.82) is 5.26 Å². The number of amides is 1. The van der Waals surface area contributed by atoms with Crippen LogP contribution in [0, 0.1) is 24.1 Å². The summed E-state index contributed by atoms with van der Waals surface area (Å²) in [6.45, 7) is 4.59. The second-order valence-corrected chi connectivity index (χ2v) is 8.92. The van der Waals surface area contributed by atoms with Gasteiger partial charge in [-0.1, -0.05) is 12.5 Å². The van der Waals surface area contributed by atoms with Gasteiger partial charge in [0.1, 0.15) is 17.6 Å². The van der Waals surface area contributed by atoms with Gasteiger partial charge in [0.05, 0.1) is 17.4 Å². The highest BCUT2D eigenvalue weighted by Crippen LogP contribution is 2.31. The van der Waals surface area contributed by atoms with Crippen molar-refractivity contribution in [1.82, 2.24) is 20.1 Å². The largest absolute Gasteiger partial charge is 0.319 e. The van der Waals surface area contributed by atoms with Crippen molar-refractivity contribution < 1.29 is 9.18 Å². The first-order valence-corrected chi connectivity index (χ1v) is 11.7. The zero-order chi connectivity index (χ0) is 24.4. The fourth-order valence-corrected chi connectivity index (χ4v) is 4.58. The fourth-order valence-electron chi connectivity index (χ4n) is 4.58. The van der Waals surface area contributed by atoms with Crippen LogP contribution in [0.3, 0.4) is 0 Å². The monoisotopic (exact) mass is 468 g/mol. The molecule has 0 aliphatic carbocycles. The van der Waals surface area contributed by atoms with Crippen LogP contribution >= 0.6 is 0 Å². The second kappa shape index (κ2) is 9.65. The fraction of sp³-hybridized carbons (Fsp3) is 0.259. The van der Waals surface area contributed by atoms with E-state index in [-0.39, 0.29) is 17.2 Å². The molecule has 176 valence electrons. The summed E-state index contributed by atoms with van der Waals surface area (Å²) < 4.78 is 14.9. The number of H-pyrrole nitrogens is 1. The molecule has 0 saturated carbocycles. The Labute approximate surface area is 202 Å². The molecule has 1 aliphatic heterocycles. The number of likely N-dealkylation sites (tertiary alicyclic amines) is 1. The number of piperidine rings is 1. The van der Waals surface area contributed by atoms with E-state index in [0.717, 1.165) is 36.3 Å². The molecule has 2 aromatic carbocycles. The highest BCUT2D eigenvalue weighted by molar-refractivity contribution is 6.11. The van der Waals surface area contributed by atoms with Gasteiger partial charge >= 0.3 is 0 Å². The van der Waals surface area contributed by atoms with Gasteiger partial charge in [-0.2, -0.15) is 10.4 Å². The standard InChI is InChI=1S/C27H25FN6O/c1-17-22(11-18(12-24(17)28)16-34-9-3-2-4-10-34)19-5-8-25-23(13-19)26(33-32-25)27(35)31-21-7-6-20(14-29)30-15-21/h5-8,11-13,15H,2-4,9-10,16H2,1H3,(H,31,35)(H,32,33). The van der Waals surface area contributed by atoms with E-state index in [1.165, 1.54) is 31.5 Å². The number of fused-ring (bicyclic) bond motifs is 1. The highest BCUT2D eigenvalue weighted by Gasteiger charge is 2.18. The predicted molar refractivity (Wildman–Crippen MR) is 132 cm³/mol. The number of carbonyl (C=O) groups is 1. The first-order chi connectivity index (χ1) is 17.0. The molecule has 0 bridgehead atoms. The molecule has 2 N–H and O–H groups in total. The van der Waals surface area contributed by atoms with Crippen LogP contribution in [0.15, 0.2) is 48.7 Å². The van der Waals surface area contributed by atoms with E-state index < -0.39 is 5.91 Å². The molecule has 7 nitrogen and oxygen atoms in total. The first-order valence-electron chi connectivity index (χ1n) is 11.7. The van der Waals surface area contributed by atoms with Gasteiger partial charge in [-0.25, -0.2) is 9.37 Å². The Hall–Kier alpha value is -4.09. The Morgan fingerprint density at radius 2 is 2.00 bits per heavy atom. The van der Waals surface area contributed by atoms with Gasteiger partial charge in [0.15, 0.2) is 5.69 Å². The molecule has 1 aliphatic rings. The Balaban J connectivity index is 1.46. The van der Waals surface area contributed by atoms with Crippen LogP contribution in [0.2, 0.25) is 0 Å². The molecule has 5 rings (SSSR count). The van der Waals surface area contributed by atoms with Crippen LogP contribution in [0.1, 0.15) is 46.6 Å². The van der Waals surface area contributed by atoms with Crippen LogP contribution < -0.4 is 5.32 Å². The summed E-state index contributed by atoms with van der Waals surface area (Å²) in [5, 5.41) is 19.4. The van der Waals surface area contributed by atoms with E-state index in [2.05, 4.69) is 31.5 Å². The molecule has 8 heteroatoms. The van der Waals surface area contributed by atoms with Crippen molar-refractivity contribution in [3.05, 3.63) is 77.0 Å². The van der Waals surface area contributed by atoms with Gasteiger partial charge in [-0.05, 0) is 91.5 Å². The third-order valence-electron chi connectivity index (χ3n) is 6.48. The normalized spacial score (nSPS) is 14.1. The van der Waals surface area contributed by atoms with Crippen LogP contribution in [-0.4, -0.2) is 39.1 Å². The van der Waals surface area contributed by atoms with E-state index in [1.807, 2.05) is 24.3 Å². The number of aromatic amines is 1. The average Bonchev–Trinajstić information content (AvgIpc) is 3.31. The number of aromatic nitrogens is 3. The number of nitriles is 1. The number of halogens is 1. The van der Waals surface area contributed by atoms with Crippen molar-refractivity contribution in [2.75, 3.05) is 18.4 Å². The molecule has 2 aromatic heterocycles. The van der Waals surface area contributed by atoms with Gasteiger partial charge in [0, 0.05) is 11.9 Å². The molecular weight excluding hydrogens is 443 g/mol. The number of pyridine rings is 1. The zero-order valence-electron chi connectivity index (χ0n) is 19.4. The van der Waals surface area contributed by atoms with Gasteiger partial charge in [0.2, 0.25) is 0 Å². The summed E-state index contributed by atoms with van der Waals surface area (Å²) in [5.74, 6) is -0.630. The van der Waals surface area contributed by atoms with E-state index in [4.69, 9.17) is 5.26 Å². The molecular formula is C27H25FN6O. The van der Waals surface area contributed by atoms with E-state index >= 15 is 0 Å². The minimum Gasteiger partial charge on any atom is -0.319 e. The number of nitrogens with one attached hydrogen (secondary N) is 2. The van der Waals surface area contributed by atoms with Crippen molar-refractivity contribution in [3.63, 3.8) is 0 Å². The molecule has 4 aromatic rings. The number of nitrogens with zero attached hydrogens (tertiary/aromatic N) is 4. The Morgan fingerprint density at radius 3 is 2.74 bits per heavy atom. The van der Waals surface area contributed by atoms with Crippen molar-refractivity contribution in [3.8, 4) is 17.2 Å². The Kier molecular flexibility index (Phi) is 6.25. The van der Waals surface area contributed by atoms with Crippen LogP contribution in [0.5, 0.6) is 0 Å². The first kappa shape index (κ1) is 22.7. The summed E-state index contributed by atoms with van der Waals surface area (Å²) in [4.78, 5) is 19.3. The Bertz CT molecular complexity index is 1430. The maximum atomic E-state index is 14.9. The summed E-state index contributed by atoms with van der Waals surface area (Å²) in [6, 6.07) is 14.4. The van der Waals surface area contributed by atoms with Crippen LogP contribution in [0.25, 0.3) is 22.0 Å². The van der Waals surface area contributed by atoms with Gasteiger partial charge < -0.3 is 5.32 Å². The smallest absolute Gasteiger partial charge is 0.276 e. The summed E-state index contributed by atoms with van der Waals surface area (Å²) in [5.41, 5.74) is 4.82. The number of hydrogen-bond acceptors (Lipinski definition) is 5. The summed E-state index contributed by atoms with van der Waals surface area (Å²) in [6.07, 6.45) is 5.05. The molecule has 1 saturated heterocycles. The quantitative estimate of drug-likeness (QED) is 0.420. The lowest BCUT2D eigenvalue weighted by Crippen LogP contribution is -2.29. The third-order valence-corrected chi connectivity index (χ3v) is 6.48. The third kappa shape index (κ3) is 4.77. The predicted octanol–water partition coefficient (Wildman–Crippen LogP) is 5.18. The molecule has 0 atom stereocenters. The average molecular weight is 469 g/mol. The maximum Gasteiger partial charge on any atom is 0.276 e. The SMILES string of the molecule is Cc1c(F)cc(CN2CCCCC2)cc1-c1ccc2[nH]nc(C(=O)Nc3ccc(C#N)nc3)c2c1. The zero-order valence-corrected chi connectivity index (χ0v) is 19.4. The lowest BCUT2D eigenvalue weighted by atomic mass is 9.95. The lowest BCUT2D eigenvalue weighted by molar-refractivity contribution is 0.102. The highest BCUT2D eigenvalue weighted by atomic mass is 19.1. The second-order valence-electron chi connectivity index (χ2n) is 8.92. The molecule has 1 amide bonds. The summed E-state index contributed by atoms with van der Waals surface area (Å²) in [7, 11) is 0. The van der Waals surface area contributed by atoms with E-state index in [9.17, 15) is 9.18 Å². The molecule has 0 radical (unpaired) electrons. The molecule has 3 heterocycles. The summed E-state index contributed by atoms with van der Waals surface area (Å²) >= 11 is 0. The van der Waals surface area contributed by atoms with Crippen molar-refractivity contribution in [2.24, 2.45) is 0 Å². The van der Waals surface area contributed by atoms with Gasteiger partial charge in [-0.3, -0.25) is 14.8 Å². The van der Waals surface area contributed by atoms with E-state index in [1.54, 1.807) is 19.1 Å². The number of benzene rings is 2. The Morgan fingerprint density at radius 1 is 1.17 bits per heavy atom. The molecule has 0 spiro atoms. The lowest BCUT2D eigenvalue weighted by Gasteiger charge is -2.26. The number of carbonyl (C=O) groups excluding carboxylic acids is 1. The minimum absolute atomic E-state index is 0.229. The van der Waals surface area contributed by atoms with Gasteiger partial charge in [0.25, 0.3) is 5.91 Å². The van der Waals surface area contributed by atoms with E-state index in [0.29, 0.717) is 22.2 Å². The van der Waals surface area contributed by atoms with Gasteiger partial charge in [-0.15, -0.1) is 0 Å². The molecule has 0 unspecified atom stereocenters. The van der Waals surface area contributed by atoms with Crippen molar-refractivity contribution in [2.45, 2.75) is 32.7 Å². The molecule has 1 fully saturated rings. The van der Waals surface area contributed by atoms with Crippen LogP contribution in [-0.2, 0) is 6.54 Å².